The Morgan fingerprint density at radius 1 is 1.10 bits per heavy atom. The van der Waals surface area contributed by atoms with Gasteiger partial charge >= 0.3 is 7.12 Å². The number of likely N-dealkylation sites (tertiary alicyclic amines) is 1. The molecular weight excluding hydrogens is 375 g/mol. The summed E-state index contributed by atoms with van der Waals surface area (Å²) in [7, 11) is 1.32. The molecule has 2 unspecified atom stereocenters. The summed E-state index contributed by atoms with van der Waals surface area (Å²) in [5.74, 6) is 0.892. The summed E-state index contributed by atoms with van der Waals surface area (Å²) >= 11 is 0. The maximum Gasteiger partial charge on any atom is 0.496 e. The molecule has 4 rings (SSSR count). The van der Waals surface area contributed by atoms with Gasteiger partial charge in [0.2, 0.25) is 0 Å². The third kappa shape index (κ3) is 3.89. The Kier molecular flexibility index (Phi) is 5.68. The van der Waals surface area contributed by atoms with E-state index in [1.165, 1.54) is 17.5 Å². The monoisotopic (exact) mass is 408 g/mol. The third-order valence-corrected chi connectivity index (χ3v) is 7.08. The van der Waals surface area contributed by atoms with Gasteiger partial charge in [0.25, 0.3) is 0 Å². The van der Waals surface area contributed by atoms with Crippen LogP contribution in [0.25, 0.3) is 0 Å². The van der Waals surface area contributed by atoms with Crippen molar-refractivity contribution < 1.29 is 14.0 Å². The molecule has 0 radical (unpaired) electrons. The average molecular weight is 408 g/mol. The second-order valence-corrected chi connectivity index (χ2v) is 9.48. The molecule has 1 aromatic carbocycles. The lowest BCUT2D eigenvalue weighted by molar-refractivity contribution is 0.00578. The molecular formula is C24H33BN2O3. The summed E-state index contributed by atoms with van der Waals surface area (Å²) in [6, 6.07) is 11.3. The van der Waals surface area contributed by atoms with Crippen molar-refractivity contribution >= 4 is 12.6 Å². The van der Waals surface area contributed by atoms with E-state index in [1.54, 1.807) is 7.11 Å². The summed E-state index contributed by atoms with van der Waals surface area (Å²) in [5.41, 5.74) is 2.83. The van der Waals surface area contributed by atoms with Crippen LogP contribution in [-0.2, 0) is 9.31 Å². The smallest absolute Gasteiger partial charge is 0.496 e. The standard InChI is InChI=1S/C24H33BN2O3/c1-17(18-9-11-21(28-6)12-10-18)27-13-7-8-22(27)19-14-20(16-26-15-19)25-29-23(2,3)24(4,5)30-25/h9-12,14-17,22H,7-8,13H2,1-6H3. The van der Waals surface area contributed by atoms with Crippen molar-refractivity contribution in [1.29, 1.82) is 0 Å². The van der Waals surface area contributed by atoms with Crippen LogP contribution in [0.15, 0.2) is 42.7 Å². The summed E-state index contributed by atoms with van der Waals surface area (Å²) in [6.07, 6.45) is 6.19. The van der Waals surface area contributed by atoms with Crippen molar-refractivity contribution in [3.63, 3.8) is 0 Å². The van der Waals surface area contributed by atoms with Crippen LogP contribution in [0.2, 0.25) is 0 Å². The second kappa shape index (κ2) is 7.99. The number of hydrogen-bond acceptors (Lipinski definition) is 5. The van der Waals surface area contributed by atoms with Crippen LogP contribution in [0.1, 0.15) is 70.7 Å². The first-order valence-electron chi connectivity index (χ1n) is 10.9. The highest BCUT2D eigenvalue weighted by Crippen LogP contribution is 2.39. The molecule has 0 N–H and O–H groups in total. The number of benzene rings is 1. The van der Waals surface area contributed by atoms with E-state index >= 15 is 0 Å². The summed E-state index contributed by atoms with van der Waals surface area (Å²) in [4.78, 5) is 7.13. The second-order valence-electron chi connectivity index (χ2n) is 9.48. The Labute approximate surface area is 180 Å². The number of nitrogens with zero attached hydrogens (tertiary/aromatic N) is 2. The lowest BCUT2D eigenvalue weighted by Crippen LogP contribution is -2.41. The van der Waals surface area contributed by atoms with Gasteiger partial charge in [-0.2, -0.15) is 0 Å². The molecule has 2 aliphatic rings. The molecule has 2 saturated heterocycles. The lowest BCUT2D eigenvalue weighted by atomic mass is 9.79. The molecule has 2 aromatic rings. The molecule has 30 heavy (non-hydrogen) atoms. The normalized spacial score (nSPS) is 24.2. The maximum atomic E-state index is 6.25. The fourth-order valence-corrected chi connectivity index (χ4v) is 4.45. The Hall–Kier alpha value is -1.89. The summed E-state index contributed by atoms with van der Waals surface area (Å²) in [5, 5.41) is 0. The highest BCUT2D eigenvalue weighted by Gasteiger charge is 2.52. The molecule has 1 aromatic heterocycles. The van der Waals surface area contributed by atoms with Gasteiger partial charge in [-0.15, -0.1) is 0 Å². The molecule has 0 aliphatic carbocycles. The van der Waals surface area contributed by atoms with Gasteiger partial charge in [0, 0.05) is 29.9 Å². The minimum Gasteiger partial charge on any atom is -0.497 e. The van der Waals surface area contributed by atoms with E-state index in [2.05, 4.69) is 62.7 Å². The number of ether oxygens (including phenoxy) is 1. The zero-order valence-electron chi connectivity index (χ0n) is 19.0. The Morgan fingerprint density at radius 3 is 2.40 bits per heavy atom. The van der Waals surface area contributed by atoms with Gasteiger partial charge < -0.3 is 14.0 Å². The molecule has 2 atom stereocenters. The molecule has 0 spiro atoms. The molecule has 160 valence electrons. The molecule has 0 bridgehead atoms. The number of hydrogen-bond donors (Lipinski definition) is 0. The number of methoxy groups -OCH3 is 1. The van der Waals surface area contributed by atoms with Crippen molar-refractivity contribution in [1.82, 2.24) is 9.88 Å². The van der Waals surface area contributed by atoms with Gasteiger partial charge in [-0.25, -0.2) is 0 Å². The van der Waals surface area contributed by atoms with Crippen molar-refractivity contribution in [3.05, 3.63) is 53.9 Å². The topological polar surface area (TPSA) is 43.8 Å². The van der Waals surface area contributed by atoms with Crippen molar-refractivity contribution in [3.8, 4) is 5.75 Å². The SMILES string of the molecule is COc1ccc(C(C)N2CCCC2c2cncc(B3OC(C)(C)C(C)(C)O3)c2)cc1. The lowest BCUT2D eigenvalue weighted by Gasteiger charge is -2.32. The van der Waals surface area contributed by atoms with Crippen molar-refractivity contribution in [2.45, 2.75) is 70.7 Å². The molecule has 5 nitrogen and oxygen atoms in total. The van der Waals surface area contributed by atoms with E-state index in [0.29, 0.717) is 12.1 Å². The van der Waals surface area contributed by atoms with Crippen LogP contribution in [0.3, 0.4) is 0 Å². The Balaban J connectivity index is 1.55. The molecule has 3 heterocycles. The Bertz CT molecular complexity index is 868. The van der Waals surface area contributed by atoms with Gasteiger partial charge in [-0.3, -0.25) is 9.88 Å². The fourth-order valence-electron chi connectivity index (χ4n) is 4.45. The van der Waals surface area contributed by atoms with Crippen LogP contribution in [0.5, 0.6) is 5.75 Å². The number of rotatable bonds is 5. The highest BCUT2D eigenvalue weighted by molar-refractivity contribution is 6.62. The van der Waals surface area contributed by atoms with Gasteiger partial charge in [0.15, 0.2) is 0 Å². The van der Waals surface area contributed by atoms with Crippen molar-refractivity contribution in [2.24, 2.45) is 0 Å². The van der Waals surface area contributed by atoms with Crippen LogP contribution in [0, 0.1) is 0 Å². The molecule has 0 amide bonds. The van der Waals surface area contributed by atoms with E-state index < -0.39 is 0 Å². The van der Waals surface area contributed by atoms with E-state index in [0.717, 1.165) is 24.2 Å². The van der Waals surface area contributed by atoms with Gasteiger partial charge in [-0.05, 0) is 77.3 Å². The van der Waals surface area contributed by atoms with E-state index in [4.69, 9.17) is 14.0 Å². The quantitative estimate of drug-likeness (QED) is 0.691. The molecule has 6 heteroatoms. The van der Waals surface area contributed by atoms with Gasteiger partial charge in [0.1, 0.15) is 5.75 Å². The molecule has 2 aliphatic heterocycles. The third-order valence-electron chi connectivity index (χ3n) is 7.08. The van der Waals surface area contributed by atoms with Gasteiger partial charge in [0.05, 0.1) is 18.3 Å². The van der Waals surface area contributed by atoms with Crippen LogP contribution >= 0.6 is 0 Å². The first kappa shape index (κ1) is 21.4. The molecule has 2 fully saturated rings. The van der Waals surface area contributed by atoms with Gasteiger partial charge in [-0.1, -0.05) is 18.2 Å². The van der Waals surface area contributed by atoms with E-state index in [9.17, 15) is 0 Å². The maximum absolute atomic E-state index is 6.25. The van der Waals surface area contributed by atoms with E-state index in [-0.39, 0.29) is 18.3 Å². The average Bonchev–Trinajstić information content (AvgIpc) is 3.30. The number of aromatic nitrogens is 1. The first-order chi connectivity index (χ1) is 14.2. The summed E-state index contributed by atoms with van der Waals surface area (Å²) in [6.45, 7) is 11.7. The zero-order valence-corrected chi connectivity index (χ0v) is 19.0. The first-order valence-corrected chi connectivity index (χ1v) is 10.9. The number of pyridine rings is 1. The van der Waals surface area contributed by atoms with Crippen LogP contribution in [-0.4, -0.2) is 41.9 Å². The van der Waals surface area contributed by atoms with Crippen LogP contribution in [0.4, 0.5) is 0 Å². The fraction of sp³-hybridized carbons (Fsp3) is 0.542. The van der Waals surface area contributed by atoms with Crippen LogP contribution < -0.4 is 10.2 Å². The highest BCUT2D eigenvalue weighted by atomic mass is 16.7. The predicted octanol–water partition coefficient (Wildman–Crippen LogP) is 4.29. The Morgan fingerprint density at radius 2 is 1.77 bits per heavy atom. The van der Waals surface area contributed by atoms with Crippen molar-refractivity contribution in [2.75, 3.05) is 13.7 Å². The zero-order chi connectivity index (χ0) is 21.5. The summed E-state index contributed by atoms with van der Waals surface area (Å²) < 4.78 is 17.8. The van der Waals surface area contributed by atoms with E-state index in [1.807, 2.05) is 24.5 Å². The predicted molar refractivity (Wildman–Crippen MR) is 120 cm³/mol. The minimum atomic E-state index is -0.378. The largest absolute Gasteiger partial charge is 0.497 e. The minimum absolute atomic E-state index is 0.323. The molecule has 0 saturated carbocycles.